The summed E-state index contributed by atoms with van der Waals surface area (Å²) in [6.07, 6.45) is 6.02. The highest BCUT2D eigenvalue weighted by Gasteiger charge is 2.39. The lowest BCUT2D eigenvalue weighted by Gasteiger charge is -2.37. The smallest absolute Gasteiger partial charge is 0.226 e. The minimum absolute atomic E-state index is 0.0403. The molecule has 2 heterocycles. The first kappa shape index (κ1) is 22.3. The van der Waals surface area contributed by atoms with E-state index in [9.17, 15) is 13.2 Å². The number of sulfonamides is 1. The molecule has 6 heteroatoms. The Morgan fingerprint density at radius 2 is 1.76 bits per heavy atom. The van der Waals surface area contributed by atoms with Crippen LogP contribution < -0.4 is 0 Å². The average Bonchev–Trinajstić information content (AvgIpc) is 3.22. The Labute approximate surface area is 176 Å². The molecule has 1 amide bonds. The summed E-state index contributed by atoms with van der Waals surface area (Å²) in [5.74, 6) is 0.803. The number of unbranched alkanes of at least 4 members (excludes halogenated alkanes) is 1. The largest absolute Gasteiger partial charge is 0.339 e. The molecular formula is C23H36N2O3S. The lowest BCUT2D eigenvalue weighted by Crippen LogP contribution is -2.47. The third-order valence-corrected chi connectivity index (χ3v) is 8.62. The highest BCUT2D eigenvalue weighted by atomic mass is 32.2. The highest BCUT2D eigenvalue weighted by Crippen LogP contribution is 2.35. The number of carbonyl (C=O) groups excluding carboxylic acids is 1. The molecule has 2 aliphatic heterocycles. The molecule has 0 saturated carbocycles. The fraction of sp³-hybridized carbons (Fsp3) is 0.696. The van der Waals surface area contributed by atoms with E-state index in [-0.39, 0.29) is 23.6 Å². The van der Waals surface area contributed by atoms with Gasteiger partial charge in [-0.3, -0.25) is 4.79 Å². The monoisotopic (exact) mass is 420 g/mol. The maximum atomic E-state index is 13.3. The Kier molecular flexibility index (Phi) is 7.74. The van der Waals surface area contributed by atoms with Crippen molar-refractivity contribution < 1.29 is 13.2 Å². The summed E-state index contributed by atoms with van der Waals surface area (Å²) in [5, 5.41) is 0. The van der Waals surface area contributed by atoms with Crippen molar-refractivity contribution in [3.63, 3.8) is 0 Å². The second-order valence-corrected chi connectivity index (χ2v) is 10.6. The van der Waals surface area contributed by atoms with Crippen LogP contribution in [0.1, 0.15) is 70.3 Å². The molecule has 1 aromatic rings. The predicted molar refractivity (Wildman–Crippen MR) is 117 cm³/mol. The van der Waals surface area contributed by atoms with Gasteiger partial charge >= 0.3 is 0 Å². The number of hydrogen-bond donors (Lipinski definition) is 0. The second kappa shape index (κ2) is 10.1. The lowest BCUT2D eigenvalue weighted by atomic mass is 9.87. The van der Waals surface area contributed by atoms with Gasteiger partial charge in [-0.25, -0.2) is 12.7 Å². The summed E-state index contributed by atoms with van der Waals surface area (Å²) in [4.78, 5) is 15.5. The summed E-state index contributed by atoms with van der Waals surface area (Å²) < 4.78 is 26.5. The van der Waals surface area contributed by atoms with Crippen molar-refractivity contribution in [2.24, 2.45) is 5.92 Å². The van der Waals surface area contributed by atoms with Gasteiger partial charge in [0.25, 0.3) is 0 Å². The van der Waals surface area contributed by atoms with E-state index in [2.05, 4.69) is 36.1 Å². The summed E-state index contributed by atoms with van der Waals surface area (Å²) in [6, 6.07) is 10.8. The number of hydrogen-bond acceptors (Lipinski definition) is 3. The first-order chi connectivity index (χ1) is 14.0. The van der Waals surface area contributed by atoms with Gasteiger partial charge in [-0.05, 0) is 44.1 Å². The third-order valence-electron chi connectivity index (χ3n) is 6.67. The molecule has 3 rings (SSSR count). The van der Waals surface area contributed by atoms with Crippen LogP contribution in [0.5, 0.6) is 0 Å². The van der Waals surface area contributed by atoms with Crippen LogP contribution in [0, 0.1) is 5.92 Å². The molecule has 0 radical (unpaired) electrons. The van der Waals surface area contributed by atoms with Crippen molar-refractivity contribution >= 4 is 15.9 Å². The van der Waals surface area contributed by atoms with Gasteiger partial charge in [-0.2, -0.15) is 0 Å². The molecule has 0 aliphatic carbocycles. The maximum absolute atomic E-state index is 13.3. The molecule has 0 bridgehead atoms. The summed E-state index contributed by atoms with van der Waals surface area (Å²) in [6.45, 7) is 6.01. The molecule has 0 unspecified atom stereocenters. The van der Waals surface area contributed by atoms with E-state index in [1.165, 1.54) is 5.56 Å². The van der Waals surface area contributed by atoms with Gasteiger partial charge < -0.3 is 4.90 Å². The highest BCUT2D eigenvalue weighted by molar-refractivity contribution is 7.89. The van der Waals surface area contributed by atoms with Crippen molar-refractivity contribution in [2.75, 3.05) is 25.4 Å². The molecule has 5 nitrogen and oxygen atoms in total. The average molecular weight is 421 g/mol. The topological polar surface area (TPSA) is 57.7 Å². The Morgan fingerprint density at radius 3 is 2.38 bits per heavy atom. The molecule has 2 saturated heterocycles. The van der Waals surface area contributed by atoms with Crippen molar-refractivity contribution in [3.05, 3.63) is 35.9 Å². The van der Waals surface area contributed by atoms with Gasteiger partial charge in [0.1, 0.15) is 0 Å². The number of amides is 1. The zero-order valence-corrected chi connectivity index (χ0v) is 18.7. The first-order valence-corrected chi connectivity index (χ1v) is 12.9. The number of piperidine rings is 1. The fourth-order valence-corrected chi connectivity index (χ4v) is 6.66. The van der Waals surface area contributed by atoms with E-state index in [1.54, 1.807) is 4.31 Å². The molecule has 1 aromatic carbocycles. The molecule has 162 valence electrons. The molecule has 2 aliphatic rings. The van der Waals surface area contributed by atoms with E-state index in [4.69, 9.17) is 0 Å². The van der Waals surface area contributed by atoms with Crippen LogP contribution in [0.2, 0.25) is 0 Å². The van der Waals surface area contributed by atoms with Gasteiger partial charge in [0, 0.05) is 37.5 Å². The van der Waals surface area contributed by atoms with Crippen molar-refractivity contribution in [1.29, 1.82) is 0 Å². The second-order valence-electron chi connectivity index (χ2n) is 8.51. The van der Waals surface area contributed by atoms with Crippen LogP contribution in [-0.4, -0.2) is 55.0 Å². The van der Waals surface area contributed by atoms with Crippen molar-refractivity contribution in [1.82, 2.24) is 9.21 Å². The van der Waals surface area contributed by atoms with E-state index in [0.717, 1.165) is 32.2 Å². The van der Waals surface area contributed by atoms with Crippen LogP contribution in [0.3, 0.4) is 0 Å². The van der Waals surface area contributed by atoms with E-state index in [0.29, 0.717) is 38.3 Å². The molecule has 0 aromatic heterocycles. The van der Waals surface area contributed by atoms with Crippen LogP contribution >= 0.6 is 0 Å². The lowest BCUT2D eigenvalue weighted by molar-refractivity contribution is -0.138. The molecule has 0 N–H and O–H groups in total. The molecular weight excluding hydrogens is 384 g/mol. The Morgan fingerprint density at radius 1 is 1.07 bits per heavy atom. The van der Waals surface area contributed by atoms with Gasteiger partial charge in [0.15, 0.2) is 0 Å². The number of rotatable bonds is 8. The predicted octanol–water partition coefficient (Wildman–Crippen LogP) is 4.01. The number of carbonyl (C=O) groups is 1. The van der Waals surface area contributed by atoms with E-state index >= 15 is 0 Å². The summed E-state index contributed by atoms with van der Waals surface area (Å²) >= 11 is 0. The number of benzene rings is 1. The van der Waals surface area contributed by atoms with Crippen molar-refractivity contribution in [3.8, 4) is 0 Å². The first-order valence-electron chi connectivity index (χ1n) is 11.3. The normalized spacial score (nSPS) is 22.7. The maximum Gasteiger partial charge on any atom is 0.226 e. The Bertz CT molecular complexity index is 758. The summed E-state index contributed by atoms with van der Waals surface area (Å²) in [7, 11) is -3.17. The van der Waals surface area contributed by atoms with Gasteiger partial charge in [-0.15, -0.1) is 0 Å². The van der Waals surface area contributed by atoms with Crippen LogP contribution in [0.15, 0.2) is 30.3 Å². The Hall–Kier alpha value is -1.40. The van der Waals surface area contributed by atoms with Gasteiger partial charge in [0.2, 0.25) is 15.9 Å². The minimum Gasteiger partial charge on any atom is -0.339 e. The zero-order chi connectivity index (χ0) is 20.9. The standard InChI is InChI=1S/C23H36N2O3S/c1-3-5-18-29(27,28)24-16-13-20(14-17-24)23(26)25-15-9-12-22(25)21(4-2)19-10-7-6-8-11-19/h6-8,10-11,20-22H,3-5,9,12-18H2,1-2H3/t21-,22-/m0/s1. The van der Waals surface area contributed by atoms with Gasteiger partial charge in [-0.1, -0.05) is 50.6 Å². The quantitative estimate of drug-likeness (QED) is 0.638. The van der Waals surface area contributed by atoms with E-state index in [1.807, 2.05) is 13.0 Å². The van der Waals surface area contributed by atoms with Crippen LogP contribution in [0.4, 0.5) is 0 Å². The molecule has 2 fully saturated rings. The third kappa shape index (κ3) is 5.21. The molecule has 0 spiro atoms. The molecule has 2 atom stereocenters. The fourth-order valence-electron chi connectivity index (χ4n) is 4.99. The van der Waals surface area contributed by atoms with Gasteiger partial charge in [0.05, 0.1) is 5.75 Å². The SMILES string of the molecule is CCCCS(=O)(=O)N1CCC(C(=O)N2CCC[C@H]2[C@@H](CC)c2ccccc2)CC1. The molecule has 29 heavy (non-hydrogen) atoms. The number of likely N-dealkylation sites (tertiary alicyclic amines) is 1. The zero-order valence-electron chi connectivity index (χ0n) is 17.9. The summed E-state index contributed by atoms with van der Waals surface area (Å²) in [5.41, 5.74) is 1.32. The Balaban J connectivity index is 1.63. The van der Waals surface area contributed by atoms with E-state index < -0.39 is 10.0 Å². The number of nitrogens with zero attached hydrogens (tertiary/aromatic N) is 2. The van der Waals surface area contributed by atoms with Crippen LogP contribution in [-0.2, 0) is 14.8 Å². The minimum atomic E-state index is -3.17. The van der Waals surface area contributed by atoms with Crippen LogP contribution in [0.25, 0.3) is 0 Å². The van der Waals surface area contributed by atoms with Crippen molar-refractivity contribution in [2.45, 2.75) is 70.8 Å².